The number of fused-ring (bicyclic) bond motifs is 1. The number of aromatic nitrogens is 2. The van der Waals surface area contributed by atoms with Crippen LogP contribution < -0.4 is 20.5 Å². The molecule has 2 aromatic carbocycles. The zero-order valence-electron chi connectivity index (χ0n) is 16.5. The van der Waals surface area contributed by atoms with Crippen LogP contribution >= 0.6 is 0 Å². The highest BCUT2D eigenvalue weighted by Gasteiger charge is 2.28. The van der Waals surface area contributed by atoms with Crippen molar-refractivity contribution in [2.45, 2.75) is 18.9 Å². The minimum atomic E-state index is -0.265. The molecule has 0 bridgehead atoms. The van der Waals surface area contributed by atoms with Crippen molar-refractivity contribution in [1.29, 1.82) is 0 Å². The zero-order valence-corrected chi connectivity index (χ0v) is 16.5. The molecule has 8 heteroatoms. The summed E-state index contributed by atoms with van der Waals surface area (Å²) < 4.78 is 10.7. The lowest BCUT2D eigenvalue weighted by Gasteiger charge is -2.25. The van der Waals surface area contributed by atoms with Crippen molar-refractivity contribution >= 4 is 22.6 Å². The molecule has 3 aromatic rings. The molecule has 0 spiro atoms. The van der Waals surface area contributed by atoms with Gasteiger partial charge in [0.2, 0.25) is 5.91 Å². The monoisotopic (exact) mass is 396 g/mol. The lowest BCUT2D eigenvalue weighted by Crippen LogP contribution is -2.32. The lowest BCUT2D eigenvalue weighted by atomic mass is 10.0. The van der Waals surface area contributed by atoms with Crippen LogP contribution in [-0.2, 0) is 4.79 Å². The summed E-state index contributed by atoms with van der Waals surface area (Å²) in [7, 11) is 3.24. The van der Waals surface area contributed by atoms with Gasteiger partial charge in [0.1, 0.15) is 0 Å². The van der Waals surface area contributed by atoms with Crippen LogP contribution in [0.15, 0.2) is 41.2 Å². The number of aromatic amines is 2. The predicted octanol–water partition coefficient (Wildman–Crippen LogP) is 2.65. The van der Waals surface area contributed by atoms with Gasteiger partial charge in [-0.2, -0.15) is 0 Å². The number of methoxy groups -OCH3 is 2. The number of anilines is 1. The summed E-state index contributed by atoms with van der Waals surface area (Å²) >= 11 is 0. The molecule has 3 N–H and O–H groups in total. The SMILES string of the molecule is COc1ccc([C@H]2CCCN2CC(=O)Nc2ccc3[nH]c(=O)[nH]c3c2)cc1OC. The van der Waals surface area contributed by atoms with Gasteiger partial charge in [0.25, 0.3) is 0 Å². The fourth-order valence-corrected chi connectivity index (χ4v) is 3.95. The third-order valence-corrected chi connectivity index (χ3v) is 5.30. The Labute approximate surface area is 167 Å². The van der Waals surface area contributed by atoms with E-state index >= 15 is 0 Å². The third-order valence-electron chi connectivity index (χ3n) is 5.30. The molecular formula is C21H24N4O4. The van der Waals surface area contributed by atoms with E-state index in [1.807, 2.05) is 18.2 Å². The van der Waals surface area contributed by atoms with Gasteiger partial charge in [-0.05, 0) is 55.3 Å². The molecule has 1 aliphatic rings. The quantitative estimate of drug-likeness (QED) is 0.595. The minimum Gasteiger partial charge on any atom is -0.493 e. The summed E-state index contributed by atoms with van der Waals surface area (Å²) in [5.41, 5.74) is 2.87. The average molecular weight is 396 g/mol. The van der Waals surface area contributed by atoms with Gasteiger partial charge in [-0.1, -0.05) is 6.07 Å². The number of nitrogens with zero attached hydrogens (tertiary/aromatic N) is 1. The average Bonchev–Trinajstić information content (AvgIpc) is 3.32. The number of ether oxygens (including phenoxy) is 2. The van der Waals surface area contributed by atoms with Gasteiger partial charge < -0.3 is 24.8 Å². The number of rotatable bonds is 6. The second-order valence-electron chi connectivity index (χ2n) is 7.13. The number of benzene rings is 2. The van der Waals surface area contributed by atoms with E-state index in [9.17, 15) is 9.59 Å². The highest BCUT2D eigenvalue weighted by molar-refractivity contribution is 5.94. The molecule has 1 aliphatic heterocycles. The number of imidazole rings is 1. The molecule has 1 saturated heterocycles. The summed E-state index contributed by atoms with van der Waals surface area (Å²) in [5, 5.41) is 2.92. The van der Waals surface area contributed by atoms with Crippen molar-refractivity contribution in [3.05, 3.63) is 52.4 Å². The number of carbonyl (C=O) groups excluding carboxylic acids is 1. The van der Waals surface area contributed by atoms with Crippen LogP contribution in [-0.4, -0.2) is 48.1 Å². The molecule has 0 radical (unpaired) electrons. The summed E-state index contributed by atoms with van der Waals surface area (Å²) in [6.45, 7) is 1.15. The number of hydrogen-bond donors (Lipinski definition) is 3. The molecule has 2 heterocycles. The van der Waals surface area contributed by atoms with E-state index in [1.165, 1.54) is 0 Å². The first kappa shape index (κ1) is 19.1. The predicted molar refractivity (Wildman–Crippen MR) is 111 cm³/mol. The van der Waals surface area contributed by atoms with Crippen molar-refractivity contribution in [1.82, 2.24) is 14.9 Å². The number of carbonyl (C=O) groups is 1. The molecule has 8 nitrogen and oxygen atoms in total. The molecular weight excluding hydrogens is 372 g/mol. The number of hydrogen-bond acceptors (Lipinski definition) is 5. The Morgan fingerprint density at radius 1 is 1.10 bits per heavy atom. The van der Waals surface area contributed by atoms with Crippen LogP contribution in [0.25, 0.3) is 11.0 Å². The molecule has 4 rings (SSSR count). The number of likely N-dealkylation sites (tertiary alicyclic amines) is 1. The smallest absolute Gasteiger partial charge is 0.323 e. The molecule has 0 unspecified atom stereocenters. The fourth-order valence-electron chi connectivity index (χ4n) is 3.95. The highest BCUT2D eigenvalue weighted by Crippen LogP contribution is 2.36. The Balaban J connectivity index is 1.46. The van der Waals surface area contributed by atoms with Gasteiger partial charge >= 0.3 is 5.69 Å². The number of nitrogens with one attached hydrogen (secondary N) is 3. The van der Waals surface area contributed by atoms with Crippen LogP contribution in [0.2, 0.25) is 0 Å². The maximum Gasteiger partial charge on any atom is 0.323 e. The maximum absolute atomic E-state index is 12.6. The van der Waals surface area contributed by atoms with E-state index in [4.69, 9.17) is 9.47 Å². The van der Waals surface area contributed by atoms with Crippen LogP contribution in [0.1, 0.15) is 24.4 Å². The Bertz CT molecular complexity index is 1090. The van der Waals surface area contributed by atoms with Gasteiger partial charge in [-0.15, -0.1) is 0 Å². The lowest BCUT2D eigenvalue weighted by molar-refractivity contribution is -0.117. The first-order valence-electron chi connectivity index (χ1n) is 9.55. The minimum absolute atomic E-state index is 0.0883. The molecule has 0 saturated carbocycles. The topological polar surface area (TPSA) is 99.5 Å². The van der Waals surface area contributed by atoms with Gasteiger partial charge in [0, 0.05) is 11.7 Å². The van der Waals surface area contributed by atoms with Gasteiger partial charge in [-0.3, -0.25) is 9.69 Å². The Morgan fingerprint density at radius 2 is 1.90 bits per heavy atom. The van der Waals surface area contributed by atoms with Gasteiger partial charge in [0.15, 0.2) is 11.5 Å². The largest absolute Gasteiger partial charge is 0.493 e. The Morgan fingerprint density at radius 3 is 2.69 bits per heavy atom. The number of H-pyrrole nitrogens is 2. The molecule has 1 atom stereocenters. The normalized spacial score (nSPS) is 16.8. The second-order valence-corrected chi connectivity index (χ2v) is 7.13. The first-order chi connectivity index (χ1) is 14.1. The standard InChI is InChI=1S/C21H24N4O4/c1-28-18-8-5-13(10-19(18)29-2)17-4-3-9-25(17)12-20(26)22-14-6-7-15-16(11-14)24-21(27)23-15/h5-8,10-11,17H,3-4,9,12H2,1-2H3,(H,22,26)(H2,23,24,27)/t17-/m1/s1. The Hall–Kier alpha value is -3.26. The van der Waals surface area contributed by atoms with E-state index in [2.05, 4.69) is 20.2 Å². The van der Waals surface area contributed by atoms with E-state index in [-0.39, 0.29) is 17.6 Å². The van der Waals surface area contributed by atoms with Crippen LogP contribution in [0.5, 0.6) is 11.5 Å². The number of amides is 1. The summed E-state index contributed by atoms with van der Waals surface area (Å²) in [6.07, 6.45) is 2.02. The van der Waals surface area contributed by atoms with Crippen molar-refractivity contribution in [3.8, 4) is 11.5 Å². The first-order valence-corrected chi connectivity index (χ1v) is 9.55. The maximum atomic E-state index is 12.6. The van der Waals surface area contributed by atoms with Crippen molar-refractivity contribution in [3.63, 3.8) is 0 Å². The molecule has 29 heavy (non-hydrogen) atoms. The van der Waals surface area contributed by atoms with E-state index in [0.717, 1.165) is 24.9 Å². The van der Waals surface area contributed by atoms with Crippen molar-refractivity contribution in [2.75, 3.05) is 32.6 Å². The highest BCUT2D eigenvalue weighted by atomic mass is 16.5. The van der Waals surface area contributed by atoms with Crippen molar-refractivity contribution in [2.24, 2.45) is 0 Å². The van der Waals surface area contributed by atoms with E-state index in [0.29, 0.717) is 34.8 Å². The third kappa shape index (κ3) is 3.97. The molecule has 1 aromatic heterocycles. The van der Waals surface area contributed by atoms with Crippen molar-refractivity contribution < 1.29 is 14.3 Å². The summed E-state index contributed by atoms with van der Waals surface area (Å²) in [5.74, 6) is 1.29. The summed E-state index contributed by atoms with van der Waals surface area (Å²) in [4.78, 5) is 31.6. The second kappa shape index (κ2) is 8.00. The van der Waals surface area contributed by atoms with E-state index < -0.39 is 0 Å². The molecule has 152 valence electrons. The molecule has 1 amide bonds. The van der Waals surface area contributed by atoms with E-state index in [1.54, 1.807) is 32.4 Å². The zero-order chi connectivity index (χ0) is 20.4. The van der Waals surface area contributed by atoms with Gasteiger partial charge in [0.05, 0.1) is 31.8 Å². The Kier molecular flexibility index (Phi) is 5.26. The van der Waals surface area contributed by atoms with Crippen LogP contribution in [0.3, 0.4) is 0 Å². The van der Waals surface area contributed by atoms with Crippen LogP contribution in [0, 0.1) is 0 Å². The molecule has 1 fully saturated rings. The fraction of sp³-hybridized carbons (Fsp3) is 0.333. The van der Waals surface area contributed by atoms with Crippen LogP contribution in [0.4, 0.5) is 5.69 Å². The van der Waals surface area contributed by atoms with Gasteiger partial charge in [-0.25, -0.2) is 4.79 Å². The summed E-state index contributed by atoms with van der Waals surface area (Å²) in [6, 6.07) is 11.4. The molecule has 0 aliphatic carbocycles.